The zero-order chi connectivity index (χ0) is 35.6. The largest absolute Gasteiger partial charge is 0.455 e. The van der Waals surface area contributed by atoms with Crippen LogP contribution in [0.25, 0.3) is 83.1 Å². The number of fused-ring (bicyclic) bond motifs is 8. The van der Waals surface area contributed by atoms with Crippen LogP contribution in [0.5, 0.6) is 0 Å². The third-order valence-electron chi connectivity index (χ3n) is 10.4. The summed E-state index contributed by atoms with van der Waals surface area (Å²) in [6.45, 7) is 0. The number of para-hydroxylation sites is 5. The molecule has 0 aliphatic rings. The fraction of sp³-hybridized carbons (Fsp3) is 0. The smallest absolute Gasteiger partial charge is 0.227 e. The minimum Gasteiger partial charge on any atom is -0.455 e. The van der Waals surface area contributed by atoms with E-state index in [2.05, 4.69) is 155 Å². The summed E-state index contributed by atoms with van der Waals surface area (Å²) in [5, 5.41) is 4.40. The van der Waals surface area contributed by atoms with Gasteiger partial charge in [0.25, 0.3) is 0 Å². The molecule has 5 heteroatoms. The summed E-state index contributed by atoms with van der Waals surface area (Å²) in [5.41, 5.74) is 12.9. The monoisotopic (exact) mass is 693 g/mol. The first-order valence-corrected chi connectivity index (χ1v) is 18.1. The van der Waals surface area contributed by atoms with Crippen molar-refractivity contribution < 1.29 is 8.83 Å². The second-order valence-corrected chi connectivity index (χ2v) is 13.5. The van der Waals surface area contributed by atoms with Crippen LogP contribution in [0.15, 0.2) is 197 Å². The predicted octanol–water partition coefficient (Wildman–Crippen LogP) is 13.6. The Kier molecular flexibility index (Phi) is 6.79. The van der Waals surface area contributed by atoms with E-state index in [1.807, 2.05) is 42.5 Å². The van der Waals surface area contributed by atoms with E-state index in [1.165, 1.54) is 16.3 Å². The van der Waals surface area contributed by atoms with Gasteiger partial charge in [0.1, 0.15) is 16.7 Å². The van der Waals surface area contributed by atoms with Crippen molar-refractivity contribution >= 4 is 71.9 Å². The number of benzene rings is 8. The third kappa shape index (κ3) is 4.69. The van der Waals surface area contributed by atoms with Crippen molar-refractivity contribution in [2.75, 3.05) is 4.90 Å². The van der Waals surface area contributed by atoms with Crippen LogP contribution < -0.4 is 4.90 Å². The van der Waals surface area contributed by atoms with Crippen molar-refractivity contribution in [3.05, 3.63) is 188 Å². The molecule has 8 aromatic carbocycles. The Bertz CT molecular complexity index is 3140. The van der Waals surface area contributed by atoms with Gasteiger partial charge in [-0.3, -0.25) is 0 Å². The third-order valence-corrected chi connectivity index (χ3v) is 10.4. The number of hydrogen-bond donors (Lipinski definition) is 0. The lowest BCUT2D eigenvalue weighted by molar-refractivity contribution is 0.619. The fourth-order valence-corrected chi connectivity index (χ4v) is 8.03. The highest BCUT2D eigenvalue weighted by Crippen LogP contribution is 2.45. The highest BCUT2D eigenvalue weighted by Gasteiger charge is 2.22. The van der Waals surface area contributed by atoms with Crippen LogP contribution in [0.3, 0.4) is 0 Å². The van der Waals surface area contributed by atoms with E-state index >= 15 is 0 Å². The number of aromatic nitrogens is 2. The van der Waals surface area contributed by atoms with Crippen LogP contribution in [0.4, 0.5) is 17.1 Å². The second kappa shape index (κ2) is 12.1. The number of anilines is 3. The van der Waals surface area contributed by atoms with Gasteiger partial charge in [-0.25, -0.2) is 4.98 Å². The van der Waals surface area contributed by atoms with Crippen LogP contribution in [-0.2, 0) is 0 Å². The zero-order valence-corrected chi connectivity index (χ0v) is 29.1. The normalized spacial score (nSPS) is 11.7. The molecular formula is C49H31N3O2. The molecule has 3 aromatic heterocycles. The molecule has 0 bridgehead atoms. The van der Waals surface area contributed by atoms with Crippen LogP contribution >= 0.6 is 0 Å². The van der Waals surface area contributed by atoms with E-state index in [1.54, 1.807) is 0 Å². The van der Waals surface area contributed by atoms with E-state index < -0.39 is 0 Å². The Morgan fingerprint density at radius 2 is 1.11 bits per heavy atom. The lowest BCUT2D eigenvalue weighted by atomic mass is 10.0. The van der Waals surface area contributed by atoms with E-state index in [0.717, 1.165) is 78.0 Å². The lowest BCUT2D eigenvalue weighted by Crippen LogP contribution is -2.11. The maximum absolute atomic E-state index is 6.61. The second-order valence-electron chi connectivity index (χ2n) is 13.5. The fourth-order valence-electron chi connectivity index (χ4n) is 8.03. The van der Waals surface area contributed by atoms with Gasteiger partial charge in [-0.2, -0.15) is 0 Å². The molecule has 54 heavy (non-hydrogen) atoms. The van der Waals surface area contributed by atoms with Crippen molar-refractivity contribution in [1.29, 1.82) is 0 Å². The Labute approximate surface area is 310 Å². The molecular weight excluding hydrogens is 663 g/mol. The summed E-state index contributed by atoms with van der Waals surface area (Å²) < 4.78 is 15.2. The molecule has 0 aliphatic heterocycles. The lowest BCUT2D eigenvalue weighted by Gasteiger charge is -2.27. The maximum atomic E-state index is 6.61. The maximum Gasteiger partial charge on any atom is 0.227 e. The molecule has 0 saturated heterocycles. The van der Waals surface area contributed by atoms with Gasteiger partial charge in [-0.15, -0.1) is 0 Å². The average molecular weight is 694 g/mol. The number of hydrogen-bond acceptors (Lipinski definition) is 4. The molecule has 254 valence electrons. The topological polar surface area (TPSA) is 47.3 Å². The molecule has 0 amide bonds. The minimum absolute atomic E-state index is 0.599. The van der Waals surface area contributed by atoms with E-state index in [0.29, 0.717) is 5.89 Å². The van der Waals surface area contributed by atoms with Crippen LogP contribution in [0.2, 0.25) is 0 Å². The van der Waals surface area contributed by atoms with Crippen molar-refractivity contribution in [3.63, 3.8) is 0 Å². The van der Waals surface area contributed by atoms with Crippen molar-refractivity contribution in [1.82, 2.24) is 9.55 Å². The quantitative estimate of drug-likeness (QED) is 0.174. The number of nitrogens with zero attached hydrogens (tertiary/aromatic N) is 3. The van der Waals surface area contributed by atoms with Gasteiger partial charge < -0.3 is 18.3 Å². The number of oxazole rings is 1. The van der Waals surface area contributed by atoms with E-state index in [-0.39, 0.29) is 0 Å². The molecule has 11 aromatic rings. The highest BCUT2D eigenvalue weighted by atomic mass is 16.4. The molecule has 3 heterocycles. The molecule has 11 rings (SSSR count). The number of furan rings is 1. The molecule has 0 saturated carbocycles. The van der Waals surface area contributed by atoms with Crippen LogP contribution in [0, 0.1) is 0 Å². The Morgan fingerprint density at radius 1 is 0.463 bits per heavy atom. The van der Waals surface area contributed by atoms with Gasteiger partial charge in [0.2, 0.25) is 5.89 Å². The first kappa shape index (κ1) is 30.3. The van der Waals surface area contributed by atoms with Crippen LogP contribution in [-0.4, -0.2) is 9.55 Å². The molecule has 0 fully saturated rings. The van der Waals surface area contributed by atoms with Gasteiger partial charge in [0.15, 0.2) is 5.58 Å². The molecule has 5 nitrogen and oxygen atoms in total. The first-order chi connectivity index (χ1) is 26.8. The van der Waals surface area contributed by atoms with Gasteiger partial charge in [0, 0.05) is 44.3 Å². The van der Waals surface area contributed by atoms with Crippen molar-refractivity contribution in [2.24, 2.45) is 0 Å². The summed E-state index contributed by atoms with van der Waals surface area (Å²) in [6.07, 6.45) is 0. The Hall–Kier alpha value is -7.37. The molecule has 0 radical (unpaired) electrons. The predicted molar refractivity (Wildman–Crippen MR) is 221 cm³/mol. The summed E-state index contributed by atoms with van der Waals surface area (Å²) in [6, 6.07) is 65.6. The molecule has 0 atom stereocenters. The summed E-state index contributed by atoms with van der Waals surface area (Å²) >= 11 is 0. The average Bonchev–Trinajstić information content (AvgIpc) is 3.95. The summed E-state index contributed by atoms with van der Waals surface area (Å²) in [7, 11) is 0. The number of rotatable bonds is 6. The van der Waals surface area contributed by atoms with Crippen molar-refractivity contribution in [3.8, 4) is 28.3 Å². The highest BCUT2D eigenvalue weighted by molar-refractivity contribution is 6.19. The van der Waals surface area contributed by atoms with Crippen LogP contribution in [0.1, 0.15) is 0 Å². The Morgan fingerprint density at radius 3 is 1.93 bits per heavy atom. The first-order valence-electron chi connectivity index (χ1n) is 18.1. The standard InChI is InChI=1S/C49H31N3O2/c1-4-14-33(15-5-1)49-50-46-44(54-49)31-30-43-45(46)40-23-12-21-37(48(40)53-43)32-26-28-36(29-27-32)51(34-16-6-2-7-17-34)42-25-13-22-39-38-20-10-11-24-41(38)52(47(39)42)35-18-8-3-9-19-35/h1-31H. The van der Waals surface area contributed by atoms with Gasteiger partial charge in [0.05, 0.1) is 22.1 Å². The van der Waals surface area contributed by atoms with E-state index in [4.69, 9.17) is 13.8 Å². The van der Waals surface area contributed by atoms with Gasteiger partial charge in [-0.05, 0) is 78.4 Å². The SMILES string of the molecule is c1ccc(-c2nc3c(ccc4oc5c(-c6ccc(N(c7ccccc7)c7cccc8c9ccccc9n(-c9ccccc9)c78)cc6)cccc5c43)o2)cc1. The van der Waals surface area contributed by atoms with E-state index in [9.17, 15) is 0 Å². The summed E-state index contributed by atoms with van der Waals surface area (Å²) in [5.74, 6) is 0.599. The molecule has 0 spiro atoms. The Balaban J connectivity index is 1.07. The molecule has 0 N–H and O–H groups in total. The molecule has 0 unspecified atom stereocenters. The van der Waals surface area contributed by atoms with Crippen molar-refractivity contribution in [2.45, 2.75) is 0 Å². The van der Waals surface area contributed by atoms with Gasteiger partial charge in [-0.1, -0.05) is 115 Å². The summed E-state index contributed by atoms with van der Waals surface area (Å²) in [4.78, 5) is 7.31. The minimum atomic E-state index is 0.599. The zero-order valence-electron chi connectivity index (χ0n) is 29.1. The molecule has 0 aliphatic carbocycles. The van der Waals surface area contributed by atoms with Gasteiger partial charge >= 0.3 is 0 Å².